The van der Waals surface area contributed by atoms with Crippen molar-refractivity contribution >= 4 is 0 Å². The molecule has 0 amide bonds. The van der Waals surface area contributed by atoms with E-state index in [1.807, 2.05) is 0 Å². The summed E-state index contributed by atoms with van der Waals surface area (Å²) in [7, 11) is 0. The van der Waals surface area contributed by atoms with Crippen molar-refractivity contribution in [3.8, 4) is 0 Å². The van der Waals surface area contributed by atoms with Crippen LogP contribution >= 0.6 is 0 Å². The van der Waals surface area contributed by atoms with Gasteiger partial charge in [-0.05, 0) is 43.0 Å². The molecule has 2 N–H and O–H groups in total. The molecule has 17 heavy (non-hydrogen) atoms. The fraction of sp³-hybridized carbons (Fsp3) is 0.286. The summed E-state index contributed by atoms with van der Waals surface area (Å²) in [4.78, 5) is 8.32. The highest BCUT2D eigenvalue weighted by molar-refractivity contribution is 5.40. The Morgan fingerprint density at radius 3 is 2.35 bits per heavy atom. The number of nitrogens with two attached hydrogens (primary N) is 1. The number of nitrogens with zero attached hydrogens (tertiary/aromatic N) is 2. The summed E-state index contributed by atoms with van der Waals surface area (Å²) < 4.78 is 0. The second-order valence-electron chi connectivity index (χ2n) is 4.40. The first-order valence-electron chi connectivity index (χ1n) is 5.69. The van der Waals surface area contributed by atoms with Crippen LogP contribution in [0.3, 0.4) is 0 Å². The van der Waals surface area contributed by atoms with E-state index in [2.05, 4.69) is 42.9 Å². The zero-order chi connectivity index (χ0) is 12.4. The summed E-state index contributed by atoms with van der Waals surface area (Å²) >= 11 is 0. The quantitative estimate of drug-likeness (QED) is 0.857. The summed E-state index contributed by atoms with van der Waals surface area (Å²) in [5.41, 5.74) is 11.9. The summed E-state index contributed by atoms with van der Waals surface area (Å²) in [6.45, 7) is 6.29. The lowest BCUT2D eigenvalue weighted by molar-refractivity contribution is 0.808. The number of aromatic nitrogens is 2. The lowest BCUT2D eigenvalue weighted by atomic mass is 9.95. The van der Waals surface area contributed by atoms with Gasteiger partial charge in [0.25, 0.3) is 0 Å². The summed E-state index contributed by atoms with van der Waals surface area (Å²) in [5.74, 6) is 0. The fourth-order valence-corrected chi connectivity index (χ4v) is 1.95. The van der Waals surface area contributed by atoms with Crippen molar-refractivity contribution in [2.24, 2.45) is 5.73 Å². The highest BCUT2D eigenvalue weighted by atomic mass is 14.8. The molecule has 3 nitrogen and oxygen atoms in total. The van der Waals surface area contributed by atoms with Crippen LogP contribution in [0, 0.1) is 20.8 Å². The standard InChI is InChI=1S/C14H17N3/c1-9-6-11(3)12(7-10(9)2)14(15)13-8-16-4-5-17-13/h4-8,14H,15H2,1-3H3. The Morgan fingerprint density at radius 1 is 1.00 bits per heavy atom. The second kappa shape index (κ2) is 4.63. The molecule has 1 unspecified atom stereocenters. The molecular formula is C14H17N3. The number of aryl methyl sites for hydroxylation is 3. The topological polar surface area (TPSA) is 51.8 Å². The van der Waals surface area contributed by atoms with Crippen molar-refractivity contribution in [1.29, 1.82) is 0 Å². The lowest BCUT2D eigenvalue weighted by Gasteiger charge is -2.16. The van der Waals surface area contributed by atoms with Gasteiger partial charge in [-0.2, -0.15) is 0 Å². The van der Waals surface area contributed by atoms with E-state index < -0.39 is 0 Å². The minimum absolute atomic E-state index is 0.206. The van der Waals surface area contributed by atoms with Gasteiger partial charge in [0.15, 0.2) is 0 Å². The summed E-state index contributed by atoms with van der Waals surface area (Å²) in [6.07, 6.45) is 5.05. The maximum absolute atomic E-state index is 6.23. The third kappa shape index (κ3) is 2.34. The van der Waals surface area contributed by atoms with Crippen molar-refractivity contribution in [1.82, 2.24) is 9.97 Å². The van der Waals surface area contributed by atoms with E-state index in [4.69, 9.17) is 5.73 Å². The van der Waals surface area contributed by atoms with E-state index in [0.717, 1.165) is 11.3 Å². The third-order valence-corrected chi connectivity index (χ3v) is 3.12. The third-order valence-electron chi connectivity index (χ3n) is 3.12. The van der Waals surface area contributed by atoms with Crippen LogP contribution in [0.5, 0.6) is 0 Å². The Bertz CT molecular complexity index is 520. The van der Waals surface area contributed by atoms with Crippen LogP contribution in [-0.4, -0.2) is 9.97 Å². The van der Waals surface area contributed by atoms with Gasteiger partial charge >= 0.3 is 0 Å². The number of hydrogen-bond donors (Lipinski definition) is 1. The van der Waals surface area contributed by atoms with Gasteiger partial charge < -0.3 is 5.73 Å². The van der Waals surface area contributed by atoms with E-state index >= 15 is 0 Å². The Kier molecular flexibility index (Phi) is 3.20. The van der Waals surface area contributed by atoms with E-state index in [1.165, 1.54) is 16.7 Å². The smallest absolute Gasteiger partial charge is 0.0799 e. The predicted octanol–water partition coefficient (Wildman–Crippen LogP) is 2.45. The molecule has 1 aromatic heterocycles. The van der Waals surface area contributed by atoms with E-state index in [0.29, 0.717) is 0 Å². The van der Waals surface area contributed by atoms with Crippen LogP contribution in [0.4, 0.5) is 0 Å². The van der Waals surface area contributed by atoms with Gasteiger partial charge in [-0.25, -0.2) is 0 Å². The van der Waals surface area contributed by atoms with Crippen LogP contribution in [0.2, 0.25) is 0 Å². The van der Waals surface area contributed by atoms with Crippen molar-refractivity contribution in [2.45, 2.75) is 26.8 Å². The van der Waals surface area contributed by atoms with Crippen LogP contribution in [0.25, 0.3) is 0 Å². The zero-order valence-electron chi connectivity index (χ0n) is 10.4. The van der Waals surface area contributed by atoms with Crippen LogP contribution in [-0.2, 0) is 0 Å². The Morgan fingerprint density at radius 2 is 1.71 bits per heavy atom. The monoisotopic (exact) mass is 227 g/mol. The Hall–Kier alpha value is -1.74. The van der Waals surface area contributed by atoms with Crippen molar-refractivity contribution in [3.63, 3.8) is 0 Å². The van der Waals surface area contributed by atoms with Crippen LogP contribution < -0.4 is 5.73 Å². The molecule has 0 saturated carbocycles. The van der Waals surface area contributed by atoms with Crippen LogP contribution in [0.1, 0.15) is 34.0 Å². The normalized spacial score (nSPS) is 12.5. The lowest BCUT2D eigenvalue weighted by Crippen LogP contribution is -2.15. The van der Waals surface area contributed by atoms with E-state index in [1.54, 1.807) is 18.6 Å². The van der Waals surface area contributed by atoms with E-state index in [-0.39, 0.29) is 6.04 Å². The van der Waals surface area contributed by atoms with Gasteiger partial charge in [0.2, 0.25) is 0 Å². The van der Waals surface area contributed by atoms with Crippen molar-refractivity contribution in [3.05, 3.63) is 58.7 Å². The van der Waals surface area contributed by atoms with Gasteiger partial charge in [0.1, 0.15) is 0 Å². The summed E-state index contributed by atoms with van der Waals surface area (Å²) in [6, 6.07) is 4.10. The van der Waals surface area contributed by atoms with Gasteiger partial charge in [0, 0.05) is 12.4 Å². The van der Waals surface area contributed by atoms with Gasteiger partial charge in [-0.15, -0.1) is 0 Å². The first kappa shape index (κ1) is 11.7. The predicted molar refractivity (Wildman–Crippen MR) is 68.7 cm³/mol. The molecule has 0 spiro atoms. The fourth-order valence-electron chi connectivity index (χ4n) is 1.95. The maximum atomic E-state index is 6.23. The van der Waals surface area contributed by atoms with Crippen molar-refractivity contribution < 1.29 is 0 Å². The molecule has 2 aromatic rings. The number of benzene rings is 1. The van der Waals surface area contributed by atoms with E-state index in [9.17, 15) is 0 Å². The molecule has 0 bridgehead atoms. The van der Waals surface area contributed by atoms with Crippen LogP contribution in [0.15, 0.2) is 30.7 Å². The Balaban J connectivity index is 2.44. The molecule has 0 saturated heterocycles. The average molecular weight is 227 g/mol. The molecule has 0 fully saturated rings. The molecular weight excluding hydrogens is 210 g/mol. The van der Waals surface area contributed by atoms with Crippen molar-refractivity contribution in [2.75, 3.05) is 0 Å². The second-order valence-corrected chi connectivity index (χ2v) is 4.40. The average Bonchev–Trinajstić information content (AvgIpc) is 2.34. The SMILES string of the molecule is Cc1cc(C)c(C(N)c2cnccn2)cc1C. The molecule has 3 heteroatoms. The van der Waals surface area contributed by atoms with Gasteiger partial charge in [-0.1, -0.05) is 12.1 Å². The minimum Gasteiger partial charge on any atom is -0.319 e. The molecule has 2 rings (SSSR count). The number of rotatable bonds is 2. The molecule has 1 aromatic carbocycles. The first-order chi connectivity index (χ1) is 8.09. The summed E-state index contributed by atoms with van der Waals surface area (Å²) in [5, 5.41) is 0. The molecule has 0 aliphatic carbocycles. The minimum atomic E-state index is -0.206. The highest BCUT2D eigenvalue weighted by Gasteiger charge is 2.13. The number of hydrogen-bond acceptors (Lipinski definition) is 3. The molecule has 0 radical (unpaired) electrons. The molecule has 0 aliphatic rings. The first-order valence-corrected chi connectivity index (χ1v) is 5.69. The highest BCUT2D eigenvalue weighted by Crippen LogP contribution is 2.23. The largest absolute Gasteiger partial charge is 0.319 e. The molecule has 1 atom stereocenters. The van der Waals surface area contributed by atoms with Gasteiger partial charge in [0.05, 0.1) is 17.9 Å². The zero-order valence-corrected chi connectivity index (χ0v) is 10.4. The molecule has 0 aliphatic heterocycles. The van der Waals surface area contributed by atoms with Gasteiger partial charge in [-0.3, -0.25) is 9.97 Å². The molecule has 88 valence electrons. The Labute approximate surface area is 102 Å². The molecule has 1 heterocycles. The maximum Gasteiger partial charge on any atom is 0.0799 e.